The van der Waals surface area contributed by atoms with Crippen molar-refractivity contribution in [1.29, 1.82) is 0 Å². The van der Waals surface area contributed by atoms with E-state index in [4.69, 9.17) is 9.90 Å². The van der Waals surface area contributed by atoms with Gasteiger partial charge in [0.05, 0.1) is 4.92 Å². The Morgan fingerprint density at radius 1 is 1.46 bits per heavy atom. The largest absolute Gasteiger partial charge is 0.502 e. The second-order valence-electron chi connectivity index (χ2n) is 1.88. The Balaban J connectivity index is 0.000000424. The first-order valence-electron chi connectivity index (χ1n) is 3.21. The van der Waals surface area contributed by atoms with Crippen LogP contribution in [-0.4, -0.2) is 16.4 Å². The van der Waals surface area contributed by atoms with Crippen molar-refractivity contribution in [1.82, 2.24) is 0 Å². The first kappa shape index (κ1) is 10.9. The molecule has 0 aliphatic rings. The normalized spacial score (nSPS) is 8.00. The zero-order chi connectivity index (χ0) is 10.3. The lowest BCUT2D eigenvalue weighted by Crippen LogP contribution is -1.86. The lowest BCUT2D eigenvalue weighted by Gasteiger charge is -1.91. The van der Waals surface area contributed by atoms with E-state index >= 15 is 0 Å². The molecule has 0 atom stereocenters. The minimum absolute atomic E-state index is 0.250. The van der Waals surface area contributed by atoms with Gasteiger partial charge in [0.15, 0.2) is 5.75 Å². The number of benzene rings is 1. The van der Waals surface area contributed by atoms with E-state index in [9.17, 15) is 10.1 Å². The van der Waals surface area contributed by atoms with Gasteiger partial charge < -0.3 is 10.8 Å². The van der Waals surface area contributed by atoms with Crippen LogP contribution >= 0.6 is 0 Å². The molecule has 6 heteroatoms. The summed E-state index contributed by atoms with van der Waals surface area (Å²) in [5, 5.41) is 18.9. The lowest BCUT2D eigenvalue weighted by molar-refractivity contribution is -0.385. The summed E-state index contributed by atoms with van der Waals surface area (Å²) in [6.07, 6.45) is 0.250. The van der Waals surface area contributed by atoms with E-state index in [0.29, 0.717) is 0 Å². The Morgan fingerprint density at radius 3 is 2.23 bits per heavy atom. The highest BCUT2D eigenvalue weighted by Gasteiger charge is 2.09. The molecule has 3 N–H and O–H groups in total. The van der Waals surface area contributed by atoms with Crippen LogP contribution in [0, 0.1) is 10.1 Å². The molecule has 0 spiro atoms. The maximum Gasteiger partial charge on any atom is 0.310 e. The van der Waals surface area contributed by atoms with Gasteiger partial charge in [0.2, 0.25) is 6.41 Å². The number of aromatic hydroxyl groups is 1. The number of rotatable bonds is 1. The number of nitrogens with zero attached hydrogens (tertiary/aromatic N) is 1. The number of hydrogen-bond donors (Lipinski definition) is 2. The smallest absolute Gasteiger partial charge is 0.310 e. The molecule has 70 valence electrons. The highest BCUT2D eigenvalue weighted by atomic mass is 16.6. The monoisotopic (exact) mass is 184 g/mol. The summed E-state index contributed by atoms with van der Waals surface area (Å²) in [5.41, 5.74) is 3.91. The predicted octanol–water partition coefficient (Wildman–Crippen LogP) is 0.402. The molecule has 0 radical (unpaired) electrons. The van der Waals surface area contributed by atoms with E-state index < -0.39 is 4.92 Å². The van der Waals surface area contributed by atoms with E-state index in [2.05, 4.69) is 5.73 Å². The molecule has 0 fully saturated rings. The molecule has 0 saturated carbocycles. The maximum absolute atomic E-state index is 10.1. The molecule has 1 aromatic rings. The number of nitrogens with two attached hydrogens (primary N) is 1. The van der Waals surface area contributed by atoms with E-state index in [1.807, 2.05) is 0 Å². The van der Waals surface area contributed by atoms with Gasteiger partial charge in [0.25, 0.3) is 0 Å². The number of phenols is 1. The van der Waals surface area contributed by atoms with Crippen molar-refractivity contribution in [3.8, 4) is 5.75 Å². The van der Waals surface area contributed by atoms with Gasteiger partial charge in [-0.15, -0.1) is 0 Å². The third-order valence-corrected chi connectivity index (χ3v) is 1.08. The number of carbonyl (C=O) groups is 1. The van der Waals surface area contributed by atoms with Gasteiger partial charge in [-0.1, -0.05) is 12.1 Å². The quantitative estimate of drug-likeness (QED) is 0.374. The number of amides is 1. The molecule has 13 heavy (non-hydrogen) atoms. The fourth-order valence-corrected chi connectivity index (χ4v) is 0.619. The molecule has 0 unspecified atom stereocenters. The number of para-hydroxylation sites is 2. The molecule has 1 aromatic carbocycles. The highest BCUT2D eigenvalue weighted by Crippen LogP contribution is 2.23. The van der Waals surface area contributed by atoms with Gasteiger partial charge in [-0.2, -0.15) is 0 Å². The van der Waals surface area contributed by atoms with Crippen LogP contribution in [0.25, 0.3) is 0 Å². The predicted molar refractivity (Wildman–Crippen MR) is 45.0 cm³/mol. The number of nitro groups is 1. The van der Waals surface area contributed by atoms with Gasteiger partial charge in [-0.05, 0) is 6.07 Å². The standard InChI is InChI=1S/C6H5NO3.CH3NO/c8-6-4-2-1-3-5(6)7(9)10;2-1-3/h1-4,8H;1H,(H2,2,3). The van der Waals surface area contributed by atoms with Crippen LogP contribution in [0.4, 0.5) is 5.69 Å². The number of nitro benzene ring substituents is 1. The summed E-state index contributed by atoms with van der Waals surface area (Å²) < 4.78 is 0. The molecule has 0 aliphatic carbocycles. The van der Waals surface area contributed by atoms with Gasteiger partial charge >= 0.3 is 5.69 Å². The first-order chi connectivity index (χ1) is 6.13. The third-order valence-electron chi connectivity index (χ3n) is 1.08. The highest BCUT2D eigenvalue weighted by molar-refractivity contribution is 5.44. The second-order valence-corrected chi connectivity index (χ2v) is 1.88. The van der Waals surface area contributed by atoms with Crippen LogP contribution in [0.3, 0.4) is 0 Å². The van der Waals surface area contributed by atoms with Crippen LogP contribution < -0.4 is 5.73 Å². The molecule has 0 heterocycles. The average molecular weight is 184 g/mol. The Hall–Kier alpha value is -2.11. The second kappa shape index (κ2) is 5.53. The molecule has 6 nitrogen and oxygen atoms in total. The fourth-order valence-electron chi connectivity index (χ4n) is 0.619. The third kappa shape index (κ3) is 3.71. The van der Waals surface area contributed by atoms with Crippen molar-refractivity contribution in [3.63, 3.8) is 0 Å². The van der Waals surface area contributed by atoms with Gasteiger partial charge in [0.1, 0.15) is 0 Å². The fraction of sp³-hybridized carbons (Fsp3) is 0. The van der Waals surface area contributed by atoms with Gasteiger partial charge in [-0.3, -0.25) is 14.9 Å². The molecule has 0 aromatic heterocycles. The van der Waals surface area contributed by atoms with Crippen molar-refractivity contribution in [2.45, 2.75) is 0 Å². The number of phenolic OH excluding ortho intramolecular Hbond substituents is 1. The molecule has 0 aliphatic heterocycles. The van der Waals surface area contributed by atoms with Crippen molar-refractivity contribution in [2.75, 3.05) is 0 Å². The Bertz CT molecular complexity index is 300. The Labute approximate surface area is 73.8 Å². The van der Waals surface area contributed by atoms with Gasteiger partial charge in [0, 0.05) is 6.07 Å². The molecule has 1 rings (SSSR count). The zero-order valence-corrected chi connectivity index (χ0v) is 6.58. The van der Waals surface area contributed by atoms with Crippen LogP contribution in [0.15, 0.2) is 24.3 Å². The first-order valence-corrected chi connectivity index (χ1v) is 3.21. The van der Waals surface area contributed by atoms with Crippen molar-refractivity contribution < 1.29 is 14.8 Å². The van der Waals surface area contributed by atoms with E-state index in [0.717, 1.165) is 0 Å². The SMILES string of the molecule is NC=O.O=[N+]([O-])c1ccccc1O. The maximum atomic E-state index is 10.1. The topological polar surface area (TPSA) is 106 Å². The Kier molecular flexibility index (Phi) is 4.63. The van der Waals surface area contributed by atoms with E-state index in [1.54, 1.807) is 0 Å². The molecule has 0 bridgehead atoms. The van der Waals surface area contributed by atoms with Crippen LogP contribution in [0.5, 0.6) is 5.75 Å². The summed E-state index contributed by atoms with van der Waals surface area (Å²) >= 11 is 0. The molecule has 1 amide bonds. The summed E-state index contributed by atoms with van der Waals surface area (Å²) in [5.74, 6) is -0.299. The van der Waals surface area contributed by atoms with Gasteiger partial charge in [-0.25, -0.2) is 0 Å². The van der Waals surface area contributed by atoms with Crippen LogP contribution in [0.2, 0.25) is 0 Å². The van der Waals surface area contributed by atoms with E-state index in [-0.39, 0.29) is 17.8 Å². The molecule has 0 saturated heterocycles. The molecular formula is C7H8N2O4. The van der Waals surface area contributed by atoms with Crippen LogP contribution in [0.1, 0.15) is 0 Å². The van der Waals surface area contributed by atoms with Crippen molar-refractivity contribution >= 4 is 12.1 Å². The minimum Gasteiger partial charge on any atom is -0.502 e. The summed E-state index contributed by atoms with van der Waals surface area (Å²) in [7, 11) is 0. The summed E-state index contributed by atoms with van der Waals surface area (Å²) in [4.78, 5) is 18.0. The minimum atomic E-state index is -0.630. The zero-order valence-electron chi connectivity index (χ0n) is 6.58. The number of hydrogen-bond acceptors (Lipinski definition) is 4. The average Bonchev–Trinajstić information content (AvgIpc) is 2.06. The summed E-state index contributed by atoms with van der Waals surface area (Å²) in [6.45, 7) is 0. The van der Waals surface area contributed by atoms with Crippen molar-refractivity contribution in [2.24, 2.45) is 5.73 Å². The number of carbonyl (C=O) groups excluding carboxylic acids is 1. The Morgan fingerprint density at radius 2 is 1.92 bits per heavy atom. The summed E-state index contributed by atoms with van der Waals surface area (Å²) in [6, 6.07) is 5.55. The van der Waals surface area contributed by atoms with E-state index in [1.165, 1.54) is 24.3 Å². The molecular weight excluding hydrogens is 176 g/mol. The lowest BCUT2D eigenvalue weighted by atomic mass is 10.3. The van der Waals surface area contributed by atoms with Crippen molar-refractivity contribution in [3.05, 3.63) is 34.4 Å². The van der Waals surface area contributed by atoms with Crippen LogP contribution in [-0.2, 0) is 4.79 Å². The number of primary amides is 1.